The third kappa shape index (κ3) is 2.95. The van der Waals surface area contributed by atoms with Gasteiger partial charge in [-0.05, 0) is 38.5 Å². The van der Waals surface area contributed by atoms with Crippen LogP contribution in [0.2, 0.25) is 0 Å². The molecule has 0 spiro atoms. The number of rotatable bonds is 5. The lowest BCUT2D eigenvalue weighted by Crippen LogP contribution is -2.44. The largest absolute Gasteiger partial charge is 0.342 e. The molecule has 1 atom stereocenters. The summed E-state index contributed by atoms with van der Waals surface area (Å²) in [5, 5.41) is 11.6. The summed E-state index contributed by atoms with van der Waals surface area (Å²) >= 11 is 0. The Labute approximate surface area is 140 Å². The van der Waals surface area contributed by atoms with Crippen LogP contribution in [0.1, 0.15) is 31.9 Å². The molecule has 7 heteroatoms. The first-order chi connectivity index (χ1) is 11.4. The molecule has 1 aromatic rings. The molecule has 4 amide bonds. The van der Waals surface area contributed by atoms with Crippen molar-refractivity contribution in [2.75, 3.05) is 19.6 Å². The molecule has 7 nitrogen and oxygen atoms in total. The molecular weight excluding hydrogens is 308 g/mol. The molecule has 1 heterocycles. The maximum Gasteiger partial charge on any atom is 0.325 e. The second-order valence-corrected chi connectivity index (χ2v) is 5.71. The Hall–Kier alpha value is -2.88. The van der Waals surface area contributed by atoms with E-state index in [1.54, 1.807) is 36.1 Å². The molecule has 0 bridgehead atoms. The molecule has 24 heavy (non-hydrogen) atoms. The van der Waals surface area contributed by atoms with Crippen molar-refractivity contribution in [3.05, 3.63) is 35.4 Å². The van der Waals surface area contributed by atoms with Crippen LogP contribution in [0.4, 0.5) is 4.79 Å². The Morgan fingerprint density at radius 3 is 2.58 bits per heavy atom. The first kappa shape index (κ1) is 17.5. The molecule has 1 aromatic carbocycles. The fourth-order valence-electron chi connectivity index (χ4n) is 2.75. The number of likely N-dealkylation sites (N-methyl/N-ethyl adjacent to an activating group) is 1. The van der Waals surface area contributed by atoms with Gasteiger partial charge in [0.1, 0.15) is 12.1 Å². The summed E-state index contributed by atoms with van der Waals surface area (Å²) < 4.78 is 0. The summed E-state index contributed by atoms with van der Waals surface area (Å²) in [4.78, 5) is 39.7. The lowest BCUT2D eigenvalue weighted by molar-refractivity contribution is -0.138. The van der Waals surface area contributed by atoms with Gasteiger partial charge in [-0.1, -0.05) is 12.1 Å². The van der Waals surface area contributed by atoms with Crippen LogP contribution in [-0.4, -0.2) is 47.3 Å². The van der Waals surface area contributed by atoms with Gasteiger partial charge in [-0.25, -0.2) is 4.79 Å². The Balaban J connectivity index is 2.27. The number of nitrogens with zero attached hydrogens (tertiary/aromatic N) is 3. The van der Waals surface area contributed by atoms with Crippen LogP contribution in [0.3, 0.4) is 0 Å². The monoisotopic (exact) mass is 328 g/mol. The smallest absolute Gasteiger partial charge is 0.325 e. The van der Waals surface area contributed by atoms with Crippen molar-refractivity contribution < 1.29 is 14.4 Å². The summed E-state index contributed by atoms with van der Waals surface area (Å²) in [7, 11) is 0. The topological polar surface area (TPSA) is 93.5 Å². The third-order valence-corrected chi connectivity index (χ3v) is 4.25. The van der Waals surface area contributed by atoms with E-state index in [-0.39, 0.29) is 12.5 Å². The summed E-state index contributed by atoms with van der Waals surface area (Å²) in [6.45, 7) is 5.99. The van der Waals surface area contributed by atoms with Gasteiger partial charge < -0.3 is 10.2 Å². The summed E-state index contributed by atoms with van der Waals surface area (Å²) in [5.74, 6) is -0.776. The molecule has 1 fully saturated rings. The Morgan fingerprint density at radius 2 is 2.00 bits per heavy atom. The average Bonchev–Trinajstić information content (AvgIpc) is 2.80. The molecule has 0 saturated carbocycles. The predicted molar refractivity (Wildman–Crippen MR) is 86.7 cm³/mol. The van der Waals surface area contributed by atoms with E-state index in [1.165, 1.54) is 0 Å². The van der Waals surface area contributed by atoms with Gasteiger partial charge in [0.15, 0.2) is 0 Å². The number of nitrogens with one attached hydrogen (secondary N) is 1. The molecule has 0 aliphatic carbocycles. The lowest BCUT2D eigenvalue weighted by atomic mass is 9.91. The number of hydrogen-bond acceptors (Lipinski definition) is 4. The van der Waals surface area contributed by atoms with Crippen molar-refractivity contribution in [2.24, 2.45) is 0 Å². The number of amides is 4. The van der Waals surface area contributed by atoms with Gasteiger partial charge in [0.05, 0.1) is 11.6 Å². The Morgan fingerprint density at radius 1 is 1.33 bits per heavy atom. The van der Waals surface area contributed by atoms with Crippen LogP contribution in [0.25, 0.3) is 0 Å². The quantitative estimate of drug-likeness (QED) is 0.822. The average molecular weight is 328 g/mol. The highest BCUT2D eigenvalue weighted by molar-refractivity contribution is 6.09. The van der Waals surface area contributed by atoms with E-state index in [1.807, 2.05) is 19.9 Å². The molecule has 0 radical (unpaired) electrons. The predicted octanol–water partition coefficient (Wildman–Crippen LogP) is 1.19. The van der Waals surface area contributed by atoms with Crippen LogP contribution in [-0.2, 0) is 15.1 Å². The second-order valence-electron chi connectivity index (χ2n) is 5.71. The van der Waals surface area contributed by atoms with Gasteiger partial charge in [-0.2, -0.15) is 5.26 Å². The molecule has 126 valence electrons. The van der Waals surface area contributed by atoms with Gasteiger partial charge in [-0.3, -0.25) is 14.5 Å². The minimum Gasteiger partial charge on any atom is -0.342 e. The molecule has 1 N–H and O–H groups in total. The molecule has 0 aromatic heterocycles. The standard InChI is InChI=1S/C17H20N4O3/c1-4-20(5-2)14(22)11-21-15(23)17(3,19-16(21)24)13-8-6-7-12(9-13)10-18/h6-9H,4-5,11H2,1-3H3,(H,19,24). The number of nitriles is 1. The highest BCUT2D eigenvalue weighted by Crippen LogP contribution is 2.29. The van der Waals surface area contributed by atoms with Crippen LogP contribution in [0.5, 0.6) is 0 Å². The number of carbonyl (C=O) groups excluding carboxylic acids is 3. The molecule has 1 unspecified atom stereocenters. The number of imide groups is 1. The van der Waals surface area contributed by atoms with Gasteiger partial charge in [-0.15, -0.1) is 0 Å². The van der Waals surface area contributed by atoms with E-state index in [4.69, 9.17) is 5.26 Å². The minimum absolute atomic E-state index is 0.279. The maximum atomic E-state index is 12.8. The molecule has 2 rings (SSSR count). The first-order valence-electron chi connectivity index (χ1n) is 7.79. The van der Waals surface area contributed by atoms with E-state index >= 15 is 0 Å². The van der Waals surface area contributed by atoms with E-state index in [2.05, 4.69) is 5.32 Å². The van der Waals surface area contributed by atoms with Crippen molar-refractivity contribution in [3.63, 3.8) is 0 Å². The zero-order chi connectivity index (χ0) is 17.9. The molecule has 1 aliphatic rings. The number of carbonyl (C=O) groups is 3. The van der Waals surface area contributed by atoms with Crippen LogP contribution >= 0.6 is 0 Å². The summed E-state index contributed by atoms with van der Waals surface area (Å²) in [6, 6.07) is 7.92. The van der Waals surface area contributed by atoms with Crippen molar-refractivity contribution in [3.8, 4) is 6.07 Å². The van der Waals surface area contributed by atoms with Gasteiger partial charge >= 0.3 is 6.03 Å². The van der Waals surface area contributed by atoms with Gasteiger partial charge in [0.25, 0.3) is 5.91 Å². The van der Waals surface area contributed by atoms with Crippen molar-refractivity contribution >= 4 is 17.8 Å². The Kier molecular flexibility index (Phi) is 4.88. The SMILES string of the molecule is CCN(CC)C(=O)CN1C(=O)NC(C)(c2cccc(C#N)c2)C1=O. The Bertz CT molecular complexity index is 721. The minimum atomic E-state index is -1.28. The molecule has 1 saturated heterocycles. The fraction of sp³-hybridized carbons (Fsp3) is 0.412. The van der Waals surface area contributed by atoms with Gasteiger partial charge in [0, 0.05) is 13.1 Å². The van der Waals surface area contributed by atoms with Gasteiger partial charge in [0.2, 0.25) is 5.91 Å². The number of urea groups is 1. The normalized spacial score (nSPS) is 19.8. The van der Waals surface area contributed by atoms with Crippen LogP contribution in [0, 0.1) is 11.3 Å². The van der Waals surface area contributed by atoms with Crippen molar-refractivity contribution in [1.29, 1.82) is 5.26 Å². The fourth-order valence-corrected chi connectivity index (χ4v) is 2.75. The molecule has 1 aliphatic heterocycles. The van der Waals surface area contributed by atoms with E-state index in [0.717, 1.165) is 4.90 Å². The summed E-state index contributed by atoms with van der Waals surface area (Å²) in [6.07, 6.45) is 0. The lowest BCUT2D eigenvalue weighted by Gasteiger charge is -2.24. The highest BCUT2D eigenvalue weighted by atomic mass is 16.2. The van der Waals surface area contributed by atoms with Crippen LogP contribution < -0.4 is 5.32 Å². The van der Waals surface area contributed by atoms with Crippen molar-refractivity contribution in [1.82, 2.24) is 15.1 Å². The van der Waals surface area contributed by atoms with E-state index in [0.29, 0.717) is 24.2 Å². The first-order valence-corrected chi connectivity index (χ1v) is 7.79. The van der Waals surface area contributed by atoms with Crippen molar-refractivity contribution in [2.45, 2.75) is 26.3 Å². The number of benzene rings is 1. The highest BCUT2D eigenvalue weighted by Gasteiger charge is 2.49. The van der Waals surface area contributed by atoms with E-state index < -0.39 is 17.5 Å². The zero-order valence-electron chi connectivity index (χ0n) is 14.0. The summed E-state index contributed by atoms with van der Waals surface area (Å²) in [5.41, 5.74) is -0.376. The maximum absolute atomic E-state index is 12.8. The molecular formula is C17H20N4O3. The number of hydrogen-bond donors (Lipinski definition) is 1. The zero-order valence-corrected chi connectivity index (χ0v) is 14.0. The second kappa shape index (κ2) is 6.71. The third-order valence-electron chi connectivity index (χ3n) is 4.25. The van der Waals surface area contributed by atoms with E-state index in [9.17, 15) is 14.4 Å². The van der Waals surface area contributed by atoms with Crippen LogP contribution in [0.15, 0.2) is 24.3 Å².